The van der Waals surface area contributed by atoms with Crippen molar-refractivity contribution in [2.75, 3.05) is 11.9 Å². The Labute approximate surface area is 99.4 Å². The molecule has 0 saturated heterocycles. The van der Waals surface area contributed by atoms with Gasteiger partial charge < -0.3 is 4.90 Å². The van der Waals surface area contributed by atoms with E-state index in [1.54, 1.807) is 11.3 Å². The number of nitrogens with zero attached hydrogens (tertiary/aromatic N) is 2. The molecule has 2 nitrogen and oxygen atoms in total. The standard InChI is InChI=1S/C13H12N2S/c1-15(10-13-3-2-8-16-13)12-6-4-11(9-14)5-7-12/h2-8H,10H2,1H3. The maximum absolute atomic E-state index is 8.71. The minimum absolute atomic E-state index is 0.702. The fraction of sp³-hybridized carbons (Fsp3) is 0.154. The molecule has 0 atom stereocenters. The summed E-state index contributed by atoms with van der Waals surface area (Å²) in [6, 6.07) is 14.0. The van der Waals surface area contributed by atoms with Gasteiger partial charge in [0, 0.05) is 17.6 Å². The van der Waals surface area contributed by atoms with Crippen LogP contribution in [0, 0.1) is 11.3 Å². The van der Waals surface area contributed by atoms with Crippen molar-refractivity contribution in [3.05, 3.63) is 52.2 Å². The van der Waals surface area contributed by atoms with Gasteiger partial charge in [0.2, 0.25) is 0 Å². The highest BCUT2D eigenvalue weighted by atomic mass is 32.1. The molecule has 0 spiro atoms. The van der Waals surface area contributed by atoms with Crippen LogP contribution in [-0.2, 0) is 6.54 Å². The predicted octanol–water partition coefficient (Wildman–Crippen LogP) is 3.26. The second kappa shape index (κ2) is 4.82. The minimum Gasteiger partial charge on any atom is -0.369 e. The highest BCUT2D eigenvalue weighted by Crippen LogP contribution is 2.18. The van der Waals surface area contributed by atoms with E-state index in [1.165, 1.54) is 4.88 Å². The first-order chi connectivity index (χ1) is 7.79. The highest BCUT2D eigenvalue weighted by molar-refractivity contribution is 7.09. The van der Waals surface area contributed by atoms with E-state index in [4.69, 9.17) is 5.26 Å². The molecule has 0 unspecified atom stereocenters. The smallest absolute Gasteiger partial charge is 0.0991 e. The number of hydrogen-bond acceptors (Lipinski definition) is 3. The minimum atomic E-state index is 0.702. The van der Waals surface area contributed by atoms with E-state index in [0.29, 0.717) is 5.56 Å². The molecule has 0 aliphatic carbocycles. The molecule has 0 aliphatic heterocycles. The van der Waals surface area contributed by atoms with Crippen LogP contribution < -0.4 is 4.90 Å². The number of anilines is 1. The monoisotopic (exact) mass is 228 g/mol. The molecule has 1 aromatic carbocycles. The molecule has 2 aromatic rings. The predicted molar refractivity (Wildman–Crippen MR) is 67.6 cm³/mol. The summed E-state index contributed by atoms with van der Waals surface area (Å²) in [6.07, 6.45) is 0. The van der Waals surface area contributed by atoms with Crippen LogP contribution in [0.1, 0.15) is 10.4 Å². The van der Waals surface area contributed by atoms with Crippen molar-refractivity contribution in [2.45, 2.75) is 6.54 Å². The van der Waals surface area contributed by atoms with Crippen molar-refractivity contribution in [2.24, 2.45) is 0 Å². The Balaban J connectivity index is 2.09. The average Bonchev–Trinajstić information content (AvgIpc) is 2.82. The number of thiophene rings is 1. The first-order valence-electron chi connectivity index (χ1n) is 5.03. The molecule has 80 valence electrons. The summed E-state index contributed by atoms with van der Waals surface area (Å²) in [5.41, 5.74) is 1.83. The summed E-state index contributed by atoms with van der Waals surface area (Å²) < 4.78 is 0. The van der Waals surface area contributed by atoms with Gasteiger partial charge in [0.25, 0.3) is 0 Å². The third kappa shape index (κ3) is 2.41. The molecule has 0 bridgehead atoms. The molecule has 0 fully saturated rings. The third-order valence-electron chi connectivity index (χ3n) is 2.41. The summed E-state index contributed by atoms with van der Waals surface area (Å²) in [4.78, 5) is 3.51. The maximum Gasteiger partial charge on any atom is 0.0991 e. The van der Waals surface area contributed by atoms with E-state index in [2.05, 4.69) is 35.5 Å². The van der Waals surface area contributed by atoms with Gasteiger partial charge in [-0.3, -0.25) is 0 Å². The van der Waals surface area contributed by atoms with Gasteiger partial charge in [-0.25, -0.2) is 0 Å². The zero-order valence-corrected chi connectivity index (χ0v) is 9.87. The summed E-state index contributed by atoms with van der Waals surface area (Å²) in [5.74, 6) is 0. The molecule has 1 aromatic heterocycles. The first kappa shape index (κ1) is 10.7. The Morgan fingerprint density at radius 3 is 2.56 bits per heavy atom. The number of benzene rings is 1. The van der Waals surface area contributed by atoms with Crippen LogP contribution in [0.15, 0.2) is 41.8 Å². The first-order valence-corrected chi connectivity index (χ1v) is 5.91. The quantitative estimate of drug-likeness (QED) is 0.806. The Kier molecular flexibility index (Phi) is 3.23. The fourth-order valence-corrected chi connectivity index (χ4v) is 2.28. The second-order valence-corrected chi connectivity index (χ2v) is 4.63. The molecule has 0 saturated carbocycles. The molecule has 0 aliphatic rings. The molecular formula is C13H12N2S. The van der Waals surface area contributed by atoms with Gasteiger partial charge in [0.15, 0.2) is 0 Å². The van der Waals surface area contributed by atoms with Gasteiger partial charge in [-0.15, -0.1) is 11.3 Å². The number of rotatable bonds is 3. The summed E-state index contributed by atoms with van der Waals surface area (Å²) in [5, 5.41) is 10.8. The molecule has 0 radical (unpaired) electrons. The van der Waals surface area contributed by atoms with Crippen LogP contribution in [0.3, 0.4) is 0 Å². The number of nitriles is 1. The van der Waals surface area contributed by atoms with Crippen LogP contribution in [0.25, 0.3) is 0 Å². The normalized spacial score (nSPS) is 9.75. The van der Waals surface area contributed by atoms with Crippen LogP contribution in [0.2, 0.25) is 0 Å². The third-order valence-corrected chi connectivity index (χ3v) is 3.27. The van der Waals surface area contributed by atoms with E-state index in [0.717, 1.165) is 12.2 Å². The van der Waals surface area contributed by atoms with Crippen molar-refractivity contribution in [3.63, 3.8) is 0 Å². The molecule has 0 N–H and O–H groups in total. The van der Waals surface area contributed by atoms with E-state index in [-0.39, 0.29) is 0 Å². The molecule has 3 heteroatoms. The van der Waals surface area contributed by atoms with Crippen LogP contribution in [0.4, 0.5) is 5.69 Å². The van der Waals surface area contributed by atoms with Gasteiger partial charge in [0.05, 0.1) is 18.2 Å². The Morgan fingerprint density at radius 1 is 1.25 bits per heavy atom. The van der Waals surface area contributed by atoms with Gasteiger partial charge in [-0.1, -0.05) is 6.07 Å². The lowest BCUT2D eigenvalue weighted by Crippen LogP contribution is -2.15. The van der Waals surface area contributed by atoms with Crippen molar-refractivity contribution < 1.29 is 0 Å². The average molecular weight is 228 g/mol. The maximum atomic E-state index is 8.71. The highest BCUT2D eigenvalue weighted by Gasteiger charge is 2.02. The Hall–Kier alpha value is -1.79. The topological polar surface area (TPSA) is 27.0 Å². The SMILES string of the molecule is CN(Cc1cccs1)c1ccc(C#N)cc1. The molecular weight excluding hydrogens is 216 g/mol. The van der Waals surface area contributed by atoms with E-state index < -0.39 is 0 Å². The van der Waals surface area contributed by atoms with Gasteiger partial charge in [-0.2, -0.15) is 5.26 Å². The second-order valence-electron chi connectivity index (χ2n) is 3.59. The largest absolute Gasteiger partial charge is 0.369 e. The lowest BCUT2D eigenvalue weighted by Gasteiger charge is -2.18. The molecule has 16 heavy (non-hydrogen) atoms. The molecule has 2 rings (SSSR count). The lowest BCUT2D eigenvalue weighted by molar-refractivity contribution is 0.940. The molecule has 0 amide bonds. The van der Waals surface area contributed by atoms with Crippen molar-refractivity contribution in [1.82, 2.24) is 0 Å². The van der Waals surface area contributed by atoms with Gasteiger partial charge >= 0.3 is 0 Å². The van der Waals surface area contributed by atoms with E-state index in [1.807, 2.05) is 24.3 Å². The van der Waals surface area contributed by atoms with Gasteiger partial charge in [0.1, 0.15) is 0 Å². The van der Waals surface area contributed by atoms with Crippen molar-refractivity contribution in [1.29, 1.82) is 5.26 Å². The Morgan fingerprint density at radius 2 is 2.00 bits per heavy atom. The van der Waals surface area contributed by atoms with Crippen LogP contribution >= 0.6 is 11.3 Å². The van der Waals surface area contributed by atoms with Crippen LogP contribution in [-0.4, -0.2) is 7.05 Å². The zero-order chi connectivity index (χ0) is 11.4. The van der Waals surface area contributed by atoms with Crippen LogP contribution in [0.5, 0.6) is 0 Å². The number of hydrogen-bond donors (Lipinski definition) is 0. The summed E-state index contributed by atoms with van der Waals surface area (Å²) in [7, 11) is 2.06. The fourth-order valence-electron chi connectivity index (χ4n) is 1.52. The van der Waals surface area contributed by atoms with Crippen molar-refractivity contribution >= 4 is 17.0 Å². The summed E-state index contributed by atoms with van der Waals surface area (Å²) in [6.45, 7) is 0.906. The Bertz CT molecular complexity index is 480. The van der Waals surface area contributed by atoms with E-state index >= 15 is 0 Å². The van der Waals surface area contributed by atoms with Gasteiger partial charge in [-0.05, 0) is 35.7 Å². The van der Waals surface area contributed by atoms with Crippen molar-refractivity contribution in [3.8, 4) is 6.07 Å². The summed E-state index contributed by atoms with van der Waals surface area (Å²) >= 11 is 1.76. The zero-order valence-electron chi connectivity index (χ0n) is 9.05. The van der Waals surface area contributed by atoms with E-state index in [9.17, 15) is 0 Å². The lowest BCUT2D eigenvalue weighted by atomic mass is 10.2. The molecule has 1 heterocycles.